The predicted molar refractivity (Wildman–Crippen MR) is 129 cm³/mol. The number of amides is 3. The fraction of sp³-hybridized carbons (Fsp3) is 0.640. The number of hydrogen-bond donors (Lipinski definition) is 3. The van der Waals surface area contributed by atoms with Gasteiger partial charge in [-0.2, -0.15) is 0 Å². The first-order valence-corrected chi connectivity index (χ1v) is 11.7. The van der Waals surface area contributed by atoms with E-state index in [0.717, 1.165) is 19.3 Å². The maximum atomic E-state index is 13.5. The van der Waals surface area contributed by atoms with Crippen molar-refractivity contribution in [2.75, 3.05) is 6.54 Å². The summed E-state index contributed by atoms with van der Waals surface area (Å²) in [5.41, 5.74) is 0.492. The number of aromatic hydroxyl groups is 1. The van der Waals surface area contributed by atoms with Crippen LogP contribution in [0, 0.1) is 6.92 Å². The normalized spacial score (nSPS) is 13.2. The van der Waals surface area contributed by atoms with Crippen molar-refractivity contribution in [1.29, 1.82) is 0 Å². The zero-order valence-electron chi connectivity index (χ0n) is 21.3. The Balaban J connectivity index is 3.25. The molecule has 0 spiro atoms. The van der Waals surface area contributed by atoms with Crippen molar-refractivity contribution in [3.05, 3.63) is 29.3 Å². The largest absolute Gasteiger partial charge is 0.508 e. The van der Waals surface area contributed by atoms with Gasteiger partial charge in [-0.25, -0.2) is 4.79 Å². The van der Waals surface area contributed by atoms with Gasteiger partial charge in [-0.05, 0) is 78.1 Å². The molecule has 1 aromatic carbocycles. The van der Waals surface area contributed by atoms with E-state index in [9.17, 15) is 19.5 Å². The maximum Gasteiger partial charge on any atom is 0.408 e. The van der Waals surface area contributed by atoms with E-state index in [1.54, 1.807) is 46.8 Å². The van der Waals surface area contributed by atoms with Crippen LogP contribution in [0.4, 0.5) is 4.79 Å². The first-order chi connectivity index (χ1) is 15.3. The van der Waals surface area contributed by atoms with Gasteiger partial charge < -0.3 is 25.4 Å². The van der Waals surface area contributed by atoms with E-state index in [2.05, 4.69) is 17.6 Å². The predicted octanol–water partition coefficient (Wildman–Crippen LogP) is 4.20. The molecule has 0 saturated heterocycles. The number of phenolic OH excluding ortho intramolecular Hbond substituents is 1. The van der Waals surface area contributed by atoms with Gasteiger partial charge in [0.1, 0.15) is 23.4 Å². The van der Waals surface area contributed by atoms with Crippen LogP contribution in [0.2, 0.25) is 0 Å². The molecular formula is C25H41N3O5. The number of carbonyl (C=O) groups excluding carboxylic acids is 3. The summed E-state index contributed by atoms with van der Waals surface area (Å²) in [6.45, 7) is 14.8. The highest BCUT2D eigenvalue weighted by Crippen LogP contribution is 2.28. The van der Waals surface area contributed by atoms with Crippen LogP contribution in [0.1, 0.15) is 84.9 Å². The standard InChI is InChI=1S/C25H41N3O5/c1-9-10-11-14-26-22(30)21(19-12-13-20(29)17(4)15-19)28(16(2)3)23(31)18(5)27-24(32)33-25(6,7)8/h12-13,15-16,18,21,29H,9-11,14H2,1-8H3,(H,26,30)(H,27,32). The molecular weight excluding hydrogens is 422 g/mol. The van der Waals surface area contributed by atoms with Gasteiger partial charge in [-0.1, -0.05) is 25.8 Å². The number of hydrogen-bond acceptors (Lipinski definition) is 5. The average Bonchev–Trinajstić information content (AvgIpc) is 2.69. The Hall–Kier alpha value is -2.77. The fourth-order valence-corrected chi connectivity index (χ4v) is 3.42. The van der Waals surface area contributed by atoms with E-state index in [-0.39, 0.29) is 17.7 Å². The molecule has 0 saturated carbocycles. The summed E-state index contributed by atoms with van der Waals surface area (Å²) in [4.78, 5) is 40.5. The second-order valence-electron chi connectivity index (χ2n) is 9.65. The van der Waals surface area contributed by atoms with Crippen LogP contribution >= 0.6 is 0 Å². The quantitative estimate of drug-likeness (QED) is 0.451. The molecule has 8 heteroatoms. The molecule has 186 valence electrons. The third-order valence-electron chi connectivity index (χ3n) is 5.06. The lowest BCUT2D eigenvalue weighted by Crippen LogP contribution is -2.54. The molecule has 0 aromatic heterocycles. The van der Waals surface area contributed by atoms with Gasteiger partial charge >= 0.3 is 6.09 Å². The van der Waals surface area contributed by atoms with E-state index in [1.807, 2.05) is 13.8 Å². The summed E-state index contributed by atoms with van der Waals surface area (Å²) in [7, 11) is 0. The van der Waals surface area contributed by atoms with Gasteiger partial charge in [-0.15, -0.1) is 0 Å². The zero-order valence-corrected chi connectivity index (χ0v) is 21.3. The molecule has 0 heterocycles. The van der Waals surface area contributed by atoms with E-state index in [0.29, 0.717) is 17.7 Å². The van der Waals surface area contributed by atoms with E-state index < -0.39 is 29.7 Å². The van der Waals surface area contributed by atoms with Crippen LogP contribution in [-0.4, -0.2) is 52.1 Å². The van der Waals surface area contributed by atoms with Gasteiger partial charge in [0.25, 0.3) is 0 Å². The Morgan fingerprint density at radius 3 is 2.27 bits per heavy atom. The highest BCUT2D eigenvalue weighted by Gasteiger charge is 2.36. The Morgan fingerprint density at radius 1 is 1.12 bits per heavy atom. The van der Waals surface area contributed by atoms with Crippen LogP contribution in [0.3, 0.4) is 0 Å². The minimum Gasteiger partial charge on any atom is -0.508 e. The molecule has 1 aromatic rings. The number of unbranched alkanes of at least 4 members (excludes halogenated alkanes) is 2. The fourth-order valence-electron chi connectivity index (χ4n) is 3.42. The van der Waals surface area contributed by atoms with Crippen LogP contribution in [-0.2, 0) is 14.3 Å². The molecule has 0 fully saturated rings. The van der Waals surface area contributed by atoms with Crippen molar-refractivity contribution in [2.24, 2.45) is 0 Å². The molecule has 33 heavy (non-hydrogen) atoms. The smallest absolute Gasteiger partial charge is 0.408 e. The van der Waals surface area contributed by atoms with Crippen molar-refractivity contribution < 1.29 is 24.2 Å². The number of ether oxygens (including phenoxy) is 1. The van der Waals surface area contributed by atoms with Gasteiger partial charge in [0, 0.05) is 12.6 Å². The summed E-state index contributed by atoms with van der Waals surface area (Å²) in [5, 5.41) is 15.5. The van der Waals surface area contributed by atoms with Gasteiger partial charge in [0.05, 0.1) is 0 Å². The van der Waals surface area contributed by atoms with Crippen LogP contribution in [0.15, 0.2) is 18.2 Å². The third kappa shape index (κ3) is 8.94. The first kappa shape index (κ1) is 28.3. The molecule has 0 aliphatic heterocycles. The topological polar surface area (TPSA) is 108 Å². The van der Waals surface area contributed by atoms with E-state index in [4.69, 9.17) is 4.74 Å². The molecule has 2 atom stereocenters. The molecule has 3 N–H and O–H groups in total. The summed E-state index contributed by atoms with van der Waals surface area (Å²) in [6.07, 6.45) is 2.16. The number of aryl methyl sites for hydroxylation is 1. The minimum atomic E-state index is -0.915. The van der Waals surface area contributed by atoms with Crippen molar-refractivity contribution in [3.63, 3.8) is 0 Å². The second-order valence-corrected chi connectivity index (χ2v) is 9.65. The maximum absolute atomic E-state index is 13.5. The molecule has 0 aliphatic carbocycles. The van der Waals surface area contributed by atoms with Crippen molar-refractivity contribution in [3.8, 4) is 5.75 Å². The highest BCUT2D eigenvalue weighted by atomic mass is 16.6. The number of nitrogens with zero attached hydrogens (tertiary/aromatic N) is 1. The summed E-state index contributed by atoms with van der Waals surface area (Å²) in [5.74, 6) is -0.596. The third-order valence-corrected chi connectivity index (χ3v) is 5.06. The van der Waals surface area contributed by atoms with Crippen molar-refractivity contribution in [2.45, 2.75) is 98.4 Å². The number of phenols is 1. The summed E-state index contributed by atoms with van der Waals surface area (Å²) in [6, 6.07) is 2.72. The van der Waals surface area contributed by atoms with Crippen LogP contribution in [0.25, 0.3) is 0 Å². The van der Waals surface area contributed by atoms with Crippen LogP contribution in [0.5, 0.6) is 5.75 Å². The van der Waals surface area contributed by atoms with E-state index in [1.165, 1.54) is 11.0 Å². The van der Waals surface area contributed by atoms with Crippen molar-refractivity contribution in [1.82, 2.24) is 15.5 Å². The lowest BCUT2D eigenvalue weighted by molar-refractivity contribution is -0.144. The molecule has 0 aliphatic rings. The SMILES string of the molecule is CCCCCNC(=O)C(c1ccc(O)c(C)c1)N(C(=O)C(C)NC(=O)OC(C)(C)C)C(C)C. The Kier molecular flexibility index (Phi) is 10.7. The number of nitrogens with one attached hydrogen (secondary N) is 2. The van der Waals surface area contributed by atoms with Gasteiger partial charge in [-0.3, -0.25) is 9.59 Å². The van der Waals surface area contributed by atoms with Gasteiger partial charge in [0.2, 0.25) is 11.8 Å². The molecule has 8 nitrogen and oxygen atoms in total. The van der Waals surface area contributed by atoms with E-state index >= 15 is 0 Å². The molecule has 1 rings (SSSR count). The number of benzene rings is 1. The summed E-state index contributed by atoms with van der Waals surface area (Å²) >= 11 is 0. The lowest BCUT2D eigenvalue weighted by Gasteiger charge is -2.36. The lowest BCUT2D eigenvalue weighted by atomic mass is 9.99. The summed E-state index contributed by atoms with van der Waals surface area (Å²) < 4.78 is 5.27. The number of carbonyl (C=O) groups is 3. The molecule has 2 unspecified atom stereocenters. The highest BCUT2D eigenvalue weighted by molar-refractivity contribution is 5.92. The monoisotopic (exact) mass is 463 g/mol. The molecule has 3 amide bonds. The Bertz CT molecular complexity index is 817. The molecule has 0 radical (unpaired) electrons. The molecule has 0 bridgehead atoms. The second kappa shape index (κ2) is 12.5. The van der Waals surface area contributed by atoms with Gasteiger partial charge in [0.15, 0.2) is 0 Å². The first-order valence-electron chi connectivity index (χ1n) is 11.7. The van der Waals surface area contributed by atoms with Crippen LogP contribution < -0.4 is 10.6 Å². The number of rotatable bonds is 10. The Morgan fingerprint density at radius 2 is 1.76 bits per heavy atom. The zero-order chi connectivity index (χ0) is 25.3. The van der Waals surface area contributed by atoms with Crippen molar-refractivity contribution >= 4 is 17.9 Å². The number of alkyl carbamates (subject to hydrolysis) is 1. The average molecular weight is 464 g/mol. The Labute approximate surface area is 198 Å². The minimum absolute atomic E-state index is 0.114.